The molecule has 22 heavy (non-hydrogen) atoms. The molecule has 2 aromatic heterocycles. The number of halogens is 1. The molecule has 0 unspecified atom stereocenters. The molecule has 2 rings (SSSR count). The summed E-state index contributed by atoms with van der Waals surface area (Å²) in [6.07, 6.45) is 2.72. The summed E-state index contributed by atoms with van der Waals surface area (Å²) in [5, 5.41) is 8.98. The lowest BCUT2D eigenvalue weighted by atomic mass is 10.2. The molecule has 123 valence electrons. The van der Waals surface area contributed by atoms with Crippen LogP contribution in [-0.4, -0.2) is 21.7 Å². The van der Waals surface area contributed by atoms with E-state index in [0.717, 1.165) is 11.3 Å². The Labute approximate surface area is 151 Å². The maximum atomic E-state index is 8.98. The molecule has 0 aliphatic heterocycles. The van der Waals surface area contributed by atoms with Gasteiger partial charge in [-0.2, -0.15) is 4.57 Å². The lowest BCUT2D eigenvalue weighted by Crippen LogP contribution is -2.35. The number of aliphatic hydroxyl groups excluding tert-OH is 1. The number of hydrogen-bond donors (Lipinski definition) is 2. The van der Waals surface area contributed by atoms with Gasteiger partial charge in [0.1, 0.15) is 11.6 Å². The van der Waals surface area contributed by atoms with Gasteiger partial charge in [0.05, 0.1) is 10.4 Å². The second-order valence-corrected chi connectivity index (χ2v) is 7.35. The van der Waals surface area contributed by atoms with Crippen molar-refractivity contribution >= 4 is 59.3 Å². The third kappa shape index (κ3) is 6.32. The zero-order valence-electron chi connectivity index (χ0n) is 12.3. The highest BCUT2D eigenvalue weighted by molar-refractivity contribution is 8.17. The molecule has 2 aromatic rings. The zero-order valence-corrected chi connectivity index (χ0v) is 16.5. The number of nitrogens with zero attached hydrogens (tertiary/aromatic N) is 3. The number of rotatable bonds is 4. The first kappa shape index (κ1) is 21.5. The Hall–Kier alpha value is -0.500. The third-order valence-corrected chi connectivity index (χ3v) is 4.00. The van der Waals surface area contributed by atoms with Crippen LogP contribution in [0.25, 0.3) is 0 Å². The van der Waals surface area contributed by atoms with E-state index in [1.165, 1.54) is 4.88 Å². The lowest BCUT2D eigenvalue weighted by molar-refractivity contribution is -0.689. The summed E-state index contributed by atoms with van der Waals surface area (Å²) in [5.41, 5.74) is 10.0. The van der Waals surface area contributed by atoms with Gasteiger partial charge in [-0.3, -0.25) is 23.6 Å². The normalized spacial score (nSPS) is 9.41. The molecular weight excluding hydrogens is 379 g/mol. The maximum Gasteiger partial charge on any atom is 0.225 e. The van der Waals surface area contributed by atoms with Crippen LogP contribution in [0.2, 0.25) is 0 Å². The Morgan fingerprint density at radius 1 is 1.41 bits per heavy atom. The van der Waals surface area contributed by atoms with Crippen molar-refractivity contribution in [3.8, 4) is 0 Å². The molecule has 5 nitrogen and oxygen atoms in total. The molecule has 10 heteroatoms. The Bertz CT molecular complexity index is 647. The van der Waals surface area contributed by atoms with Crippen LogP contribution in [0.15, 0.2) is 11.7 Å². The van der Waals surface area contributed by atoms with Gasteiger partial charge < -0.3 is 17.0 Å². The maximum absolute atomic E-state index is 8.98. The summed E-state index contributed by atoms with van der Waals surface area (Å²) in [6.45, 7) is 4.71. The van der Waals surface area contributed by atoms with Crippen molar-refractivity contribution in [1.82, 2.24) is 9.97 Å². The Kier molecular flexibility index (Phi) is 10.8. The number of aromatic nitrogens is 3. The van der Waals surface area contributed by atoms with Crippen LogP contribution in [0.4, 0.5) is 5.82 Å². The van der Waals surface area contributed by atoms with Crippen LogP contribution in [0, 0.1) is 13.8 Å². The minimum Gasteiger partial charge on any atom is -0.396 e. The molecule has 0 bridgehead atoms. The predicted molar refractivity (Wildman–Crippen MR) is 101 cm³/mol. The zero-order chi connectivity index (χ0) is 15.8. The van der Waals surface area contributed by atoms with E-state index < -0.39 is 0 Å². The van der Waals surface area contributed by atoms with Gasteiger partial charge in [0.25, 0.3) is 0 Å². The number of nitrogens with two attached hydrogens (primary N) is 1. The van der Waals surface area contributed by atoms with Crippen molar-refractivity contribution in [2.75, 3.05) is 12.3 Å². The molecule has 0 aliphatic rings. The number of hydrogen-bond acceptors (Lipinski definition) is 7. The summed E-state index contributed by atoms with van der Waals surface area (Å²) >= 11 is 10.1. The van der Waals surface area contributed by atoms with Gasteiger partial charge in [0.15, 0.2) is 12.2 Å². The SMILES string of the molecule is Cc1ncc(C[n+]2csc(CCO)c2C)c(N)n1.Cl.S=[PH-]=S. The van der Waals surface area contributed by atoms with E-state index in [2.05, 4.69) is 38.1 Å². The van der Waals surface area contributed by atoms with Crippen molar-refractivity contribution in [1.29, 1.82) is 0 Å². The highest BCUT2D eigenvalue weighted by Crippen LogP contribution is 2.13. The number of nitrogen functional groups attached to an aromatic ring is 1. The third-order valence-electron chi connectivity index (χ3n) is 2.85. The van der Waals surface area contributed by atoms with Crippen LogP contribution in [-0.2, 0) is 36.6 Å². The second-order valence-electron chi connectivity index (χ2n) is 4.24. The molecule has 0 spiro atoms. The van der Waals surface area contributed by atoms with Crippen molar-refractivity contribution in [2.45, 2.75) is 26.8 Å². The summed E-state index contributed by atoms with van der Waals surface area (Å²) in [4.78, 5) is 9.53. The summed E-state index contributed by atoms with van der Waals surface area (Å²) in [6, 6.07) is 0. The minimum absolute atomic E-state index is 0. The highest BCUT2D eigenvalue weighted by atomic mass is 35.5. The summed E-state index contributed by atoms with van der Waals surface area (Å²) in [5.74, 6) is 1.22. The van der Waals surface area contributed by atoms with Crippen molar-refractivity contribution < 1.29 is 9.67 Å². The van der Waals surface area contributed by atoms with Gasteiger partial charge in [-0.25, -0.2) is 9.97 Å². The van der Waals surface area contributed by atoms with Crippen LogP contribution in [0.5, 0.6) is 0 Å². The molecule has 0 saturated carbocycles. The summed E-state index contributed by atoms with van der Waals surface area (Å²) in [7, 11) is 0. The molecule has 0 radical (unpaired) electrons. The molecule has 3 N–H and O–H groups in total. The largest absolute Gasteiger partial charge is 0.396 e. The monoisotopic (exact) mass is 397 g/mol. The molecule has 0 saturated heterocycles. The van der Waals surface area contributed by atoms with Crippen molar-refractivity contribution in [3.05, 3.63) is 33.7 Å². The fourth-order valence-electron chi connectivity index (χ4n) is 1.77. The first-order chi connectivity index (χ1) is 10.0. The van der Waals surface area contributed by atoms with Crippen LogP contribution < -0.4 is 10.3 Å². The van der Waals surface area contributed by atoms with E-state index in [4.69, 9.17) is 10.8 Å². The average Bonchev–Trinajstić information content (AvgIpc) is 2.76. The minimum atomic E-state index is 0. The second kappa shape index (κ2) is 11.1. The average molecular weight is 398 g/mol. The fourth-order valence-corrected chi connectivity index (χ4v) is 2.75. The number of anilines is 1. The van der Waals surface area contributed by atoms with Gasteiger partial charge in [0.2, 0.25) is 5.51 Å². The first-order valence-electron chi connectivity index (χ1n) is 6.18. The molecule has 0 amide bonds. The predicted octanol–water partition coefficient (Wildman–Crippen LogP) is 1.62. The van der Waals surface area contributed by atoms with Gasteiger partial charge in [-0.15, -0.1) is 12.4 Å². The van der Waals surface area contributed by atoms with E-state index in [-0.39, 0.29) is 25.1 Å². The van der Waals surface area contributed by atoms with Gasteiger partial charge in [0, 0.05) is 26.1 Å². The molecule has 0 aliphatic carbocycles. The molecule has 0 aromatic carbocycles. The Balaban J connectivity index is 0.00000102. The van der Waals surface area contributed by atoms with Crippen LogP contribution in [0.3, 0.4) is 0 Å². The van der Waals surface area contributed by atoms with Gasteiger partial charge >= 0.3 is 0 Å². The quantitative estimate of drug-likeness (QED) is 0.603. The van der Waals surface area contributed by atoms with Crippen molar-refractivity contribution in [2.24, 2.45) is 0 Å². The van der Waals surface area contributed by atoms with Gasteiger partial charge in [-0.1, -0.05) is 11.3 Å². The fraction of sp³-hybridized carbons (Fsp3) is 0.417. The first-order valence-corrected chi connectivity index (χ1v) is 10.3. The molecule has 0 atom stereocenters. The van der Waals surface area contributed by atoms with E-state index >= 15 is 0 Å². The van der Waals surface area contributed by atoms with Crippen molar-refractivity contribution in [3.63, 3.8) is 0 Å². The number of aryl methyl sites for hydroxylation is 1. The number of aliphatic hydroxyl groups is 1. The highest BCUT2D eigenvalue weighted by Gasteiger charge is 2.16. The van der Waals surface area contributed by atoms with E-state index in [1.807, 2.05) is 19.4 Å². The van der Waals surface area contributed by atoms with Gasteiger partial charge in [-0.05, 0) is 6.92 Å². The smallest absolute Gasteiger partial charge is 0.225 e. The topological polar surface area (TPSA) is 75.9 Å². The van der Waals surface area contributed by atoms with E-state index in [9.17, 15) is 0 Å². The standard InChI is InChI=1S/C12H17N4OS.ClH.HPS2/c1-8-11(3-4-17)18-7-16(8)6-10-5-14-9(2)15-12(10)13;;2-1-3/h5,7,17H,3-4,6H2,1-2H3,(H2,13,14,15);1H;1H/q+1;;-1. The van der Waals surface area contributed by atoms with Crippen LogP contribution in [0.1, 0.15) is 22.0 Å². The summed E-state index contributed by atoms with van der Waals surface area (Å²) < 4.78 is 2.11. The molecule has 0 fully saturated rings. The Morgan fingerprint density at radius 3 is 2.59 bits per heavy atom. The molecular formula is C12H19ClN4OPS3. The van der Waals surface area contributed by atoms with E-state index in [0.29, 0.717) is 24.6 Å². The van der Waals surface area contributed by atoms with E-state index in [1.54, 1.807) is 17.5 Å². The van der Waals surface area contributed by atoms with Crippen LogP contribution >= 0.6 is 29.9 Å². The Morgan fingerprint density at radius 2 is 2.05 bits per heavy atom. The molecule has 2 heterocycles. The number of thiazole rings is 1. The lowest BCUT2D eigenvalue weighted by Gasteiger charge is -2.01.